The molecule has 1 heterocycles. The minimum Gasteiger partial charge on any atom is -0.488 e. The Labute approximate surface area is 188 Å². The molecule has 5 aliphatic rings. The molecule has 1 aliphatic heterocycles. The molecule has 0 radical (unpaired) electrons. The third-order valence-corrected chi connectivity index (χ3v) is 7.77. The maximum Gasteiger partial charge on any atom is 0.254 e. The molecule has 3 fully saturated rings. The van der Waals surface area contributed by atoms with E-state index in [0.717, 1.165) is 32.8 Å². The molecule has 6 heteroatoms. The van der Waals surface area contributed by atoms with Crippen LogP contribution in [0.5, 0.6) is 5.75 Å². The van der Waals surface area contributed by atoms with Gasteiger partial charge in [-0.2, -0.15) is 10.1 Å². The van der Waals surface area contributed by atoms with E-state index in [9.17, 15) is 9.59 Å². The number of nitrogens with zero attached hydrogens (tertiary/aromatic N) is 2. The fraction of sp³-hybridized carbons (Fsp3) is 0.320. The highest BCUT2D eigenvalue weighted by atomic mass is 79.9. The summed E-state index contributed by atoms with van der Waals surface area (Å²) in [5.41, 5.74) is 1.88. The first kappa shape index (κ1) is 19.0. The summed E-state index contributed by atoms with van der Waals surface area (Å²) in [5, 5.41) is 5.41. The second kappa shape index (κ2) is 7.16. The number of carbonyl (C=O) groups excluding carboxylic acids is 2. The highest BCUT2D eigenvalue weighted by molar-refractivity contribution is 9.10. The van der Waals surface area contributed by atoms with Gasteiger partial charge < -0.3 is 4.74 Å². The van der Waals surface area contributed by atoms with Crippen LogP contribution >= 0.6 is 15.9 Å². The van der Waals surface area contributed by atoms with Gasteiger partial charge >= 0.3 is 0 Å². The number of allylic oxidation sites excluding steroid dienone is 2. The third kappa shape index (κ3) is 3.07. The van der Waals surface area contributed by atoms with Gasteiger partial charge in [0.1, 0.15) is 12.4 Å². The highest BCUT2D eigenvalue weighted by Gasteiger charge is 2.67. The summed E-state index contributed by atoms with van der Waals surface area (Å²) in [6.07, 6.45) is 7.08. The molecule has 2 saturated carbocycles. The quantitative estimate of drug-likeness (QED) is 0.364. The van der Waals surface area contributed by atoms with Crippen LogP contribution in [0, 0.1) is 35.5 Å². The maximum atomic E-state index is 13.0. The summed E-state index contributed by atoms with van der Waals surface area (Å²) in [7, 11) is 0. The fourth-order valence-electron chi connectivity index (χ4n) is 5.63. The van der Waals surface area contributed by atoms with Crippen molar-refractivity contribution >= 4 is 34.0 Å². The lowest BCUT2D eigenvalue weighted by atomic mass is 9.63. The number of imide groups is 1. The lowest BCUT2D eigenvalue weighted by molar-refractivity contribution is -0.140. The van der Waals surface area contributed by atoms with Gasteiger partial charge in [-0.1, -0.05) is 42.5 Å². The normalized spacial score (nSPS) is 32.5. The first-order chi connectivity index (χ1) is 15.1. The minimum atomic E-state index is -0.219. The summed E-state index contributed by atoms with van der Waals surface area (Å²) in [6.45, 7) is 0.477. The molecule has 2 bridgehead atoms. The van der Waals surface area contributed by atoms with Crippen molar-refractivity contribution in [2.24, 2.45) is 40.6 Å². The number of hydrazone groups is 1. The molecule has 156 valence electrons. The van der Waals surface area contributed by atoms with Crippen molar-refractivity contribution in [3.63, 3.8) is 0 Å². The van der Waals surface area contributed by atoms with Crippen LogP contribution in [0.25, 0.3) is 0 Å². The Hall–Kier alpha value is -2.73. The predicted octanol–water partition coefficient (Wildman–Crippen LogP) is 4.42. The average Bonchev–Trinajstić information content (AvgIpc) is 3.57. The number of halogens is 1. The molecule has 5 nitrogen and oxygen atoms in total. The van der Waals surface area contributed by atoms with Gasteiger partial charge in [-0.3, -0.25) is 9.59 Å². The van der Waals surface area contributed by atoms with Gasteiger partial charge in [0.05, 0.1) is 22.5 Å². The zero-order valence-corrected chi connectivity index (χ0v) is 18.3. The molecule has 1 saturated heterocycles. The first-order valence-electron chi connectivity index (χ1n) is 10.7. The lowest BCUT2D eigenvalue weighted by Crippen LogP contribution is -2.40. The molecule has 31 heavy (non-hydrogen) atoms. The van der Waals surface area contributed by atoms with Gasteiger partial charge in [0.25, 0.3) is 11.8 Å². The van der Waals surface area contributed by atoms with Crippen molar-refractivity contribution in [1.82, 2.24) is 5.01 Å². The van der Waals surface area contributed by atoms with Crippen LogP contribution < -0.4 is 4.74 Å². The molecule has 2 aromatic carbocycles. The SMILES string of the molecule is O=C1[C@@H]2[C@H]3C=C[C@@H]([C@@H]4C[C@H]34)[C@H]2C(=O)N1N=Cc1ccc(OCc2ccccc2)c(Br)c1. The number of carbonyl (C=O) groups is 2. The summed E-state index contributed by atoms with van der Waals surface area (Å²) < 4.78 is 6.68. The van der Waals surface area contributed by atoms with Crippen LogP contribution in [-0.2, 0) is 16.2 Å². The smallest absolute Gasteiger partial charge is 0.254 e. The summed E-state index contributed by atoms with van der Waals surface area (Å²) >= 11 is 3.54. The summed E-state index contributed by atoms with van der Waals surface area (Å²) in [5.74, 6) is 1.62. The Bertz CT molecular complexity index is 1090. The monoisotopic (exact) mass is 476 g/mol. The minimum absolute atomic E-state index is 0.141. The number of amides is 2. The topological polar surface area (TPSA) is 59.0 Å². The van der Waals surface area contributed by atoms with Crippen molar-refractivity contribution in [3.05, 3.63) is 76.3 Å². The molecule has 0 spiro atoms. The van der Waals surface area contributed by atoms with E-state index in [2.05, 4.69) is 33.2 Å². The van der Waals surface area contributed by atoms with E-state index in [4.69, 9.17) is 4.74 Å². The van der Waals surface area contributed by atoms with Gasteiger partial charge in [-0.15, -0.1) is 0 Å². The Balaban J connectivity index is 1.16. The van der Waals surface area contributed by atoms with Crippen molar-refractivity contribution < 1.29 is 14.3 Å². The second-order valence-electron chi connectivity index (χ2n) is 8.85. The largest absolute Gasteiger partial charge is 0.488 e. The molecule has 0 aromatic heterocycles. The van der Waals surface area contributed by atoms with Crippen LogP contribution in [0.3, 0.4) is 0 Å². The van der Waals surface area contributed by atoms with Gasteiger partial charge in [0.2, 0.25) is 0 Å². The number of rotatable bonds is 5. The predicted molar refractivity (Wildman–Crippen MR) is 119 cm³/mol. The van der Waals surface area contributed by atoms with Gasteiger partial charge in [-0.25, -0.2) is 0 Å². The molecule has 0 N–H and O–H groups in total. The number of benzene rings is 2. The Kier molecular flexibility index (Phi) is 4.39. The van der Waals surface area contributed by atoms with Gasteiger partial charge in [0.15, 0.2) is 0 Å². The van der Waals surface area contributed by atoms with Crippen LogP contribution in [0.1, 0.15) is 17.5 Å². The third-order valence-electron chi connectivity index (χ3n) is 7.15. The van der Waals surface area contributed by atoms with E-state index in [1.54, 1.807) is 6.21 Å². The first-order valence-corrected chi connectivity index (χ1v) is 11.5. The summed E-state index contributed by atoms with van der Waals surface area (Å²) in [4.78, 5) is 26.0. The van der Waals surface area contributed by atoms with Crippen molar-refractivity contribution in [3.8, 4) is 5.75 Å². The zero-order chi connectivity index (χ0) is 21.1. The van der Waals surface area contributed by atoms with Crippen LogP contribution in [0.2, 0.25) is 0 Å². The standard InChI is InChI=1S/C25H21BrN2O3/c26-20-10-15(6-9-21(20)31-13-14-4-2-1-3-5-14)12-27-28-24(29)22-16-7-8-17(19-11-18(16)19)23(22)25(28)30/h1-10,12,16-19,22-23H,11,13H2/t16-,17-,18-,19+,22+,23+/m0/s1. The second-order valence-corrected chi connectivity index (χ2v) is 9.71. The Morgan fingerprint density at radius 1 is 1.00 bits per heavy atom. The Morgan fingerprint density at radius 2 is 1.68 bits per heavy atom. The van der Waals surface area contributed by atoms with Crippen LogP contribution in [0.4, 0.5) is 0 Å². The van der Waals surface area contributed by atoms with Gasteiger partial charge in [-0.05, 0) is 75.3 Å². The van der Waals surface area contributed by atoms with E-state index < -0.39 is 0 Å². The van der Waals surface area contributed by atoms with Gasteiger partial charge in [0, 0.05) is 0 Å². The van der Waals surface area contributed by atoms with Crippen LogP contribution in [-0.4, -0.2) is 23.0 Å². The van der Waals surface area contributed by atoms with E-state index in [0.29, 0.717) is 18.4 Å². The van der Waals surface area contributed by atoms with Crippen molar-refractivity contribution in [1.29, 1.82) is 0 Å². The van der Waals surface area contributed by atoms with E-state index in [1.807, 2.05) is 48.5 Å². The molecule has 4 aliphatic carbocycles. The number of ether oxygens (including phenoxy) is 1. The van der Waals surface area contributed by atoms with E-state index in [1.165, 1.54) is 0 Å². The molecular formula is C25H21BrN2O3. The maximum absolute atomic E-state index is 13.0. The molecule has 2 amide bonds. The van der Waals surface area contributed by atoms with Crippen molar-refractivity contribution in [2.45, 2.75) is 13.0 Å². The Morgan fingerprint density at radius 3 is 2.32 bits per heavy atom. The lowest BCUT2D eigenvalue weighted by Gasteiger charge is -2.37. The molecule has 2 aromatic rings. The fourth-order valence-corrected chi connectivity index (χ4v) is 6.14. The van der Waals surface area contributed by atoms with E-state index in [-0.39, 0.29) is 35.5 Å². The molecule has 7 rings (SSSR count). The molecule has 6 atom stereocenters. The highest BCUT2D eigenvalue weighted by Crippen LogP contribution is 2.65. The molecular weight excluding hydrogens is 456 g/mol. The number of hydrogen-bond donors (Lipinski definition) is 0. The summed E-state index contributed by atoms with van der Waals surface area (Å²) in [6, 6.07) is 15.6. The molecule has 0 unspecified atom stereocenters. The average molecular weight is 477 g/mol. The van der Waals surface area contributed by atoms with E-state index >= 15 is 0 Å². The zero-order valence-electron chi connectivity index (χ0n) is 16.7. The number of hydrogen-bond acceptors (Lipinski definition) is 4. The van der Waals surface area contributed by atoms with Crippen LogP contribution in [0.15, 0.2) is 70.3 Å². The van der Waals surface area contributed by atoms with Crippen molar-refractivity contribution in [2.75, 3.05) is 0 Å².